The van der Waals surface area contributed by atoms with Crippen molar-refractivity contribution in [3.8, 4) is 6.07 Å². The molecule has 0 aromatic rings. The maximum absolute atomic E-state index is 8.77. The Bertz CT molecular complexity index is 142. The molecule has 0 aliphatic carbocycles. The van der Waals surface area contributed by atoms with E-state index < -0.39 is 0 Å². The first-order valence-electron chi connectivity index (χ1n) is 4.54. The number of aliphatic hydroxyl groups excluding tert-OH is 1. The average molecular weight is 170 g/mol. The zero-order valence-electron chi connectivity index (χ0n) is 7.95. The van der Waals surface area contributed by atoms with Crippen LogP contribution in [0.25, 0.3) is 0 Å². The Hall–Kier alpha value is -0.590. The Morgan fingerprint density at radius 1 is 1.50 bits per heavy atom. The quantitative estimate of drug-likeness (QED) is 0.646. The van der Waals surface area contributed by atoms with E-state index in [2.05, 4.69) is 11.0 Å². The summed E-state index contributed by atoms with van der Waals surface area (Å²) in [7, 11) is 0. The molecule has 0 heterocycles. The minimum atomic E-state index is 0.0153. The highest BCUT2D eigenvalue weighted by molar-refractivity contribution is 4.90. The Morgan fingerprint density at radius 2 is 2.17 bits per heavy atom. The first kappa shape index (κ1) is 11.4. The first-order chi connectivity index (χ1) is 5.79. The molecule has 0 radical (unpaired) electrons. The first-order valence-corrected chi connectivity index (χ1v) is 4.54. The lowest BCUT2D eigenvalue weighted by atomic mass is 10.2. The van der Waals surface area contributed by atoms with Gasteiger partial charge in [-0.1, -0.05) is 13.8 Å². The fourth-order valence-corrected chi connectivity index (χ4v) is 1.24. The van der Waals surface area contributed by atoms with Crippen LogP contribution in [-0.4, -0.2) is 35.7 Å². The minimum absolute atomic E-state index is 0.0153. The van der Waals surface area contributed by atoms with Crippen molar-refractivity contribution in [3.63, 3.8) is 0 Å². The fourth-order valence-electron chi connectivity index (χ4n) is 1.24. The molecule has 3 heteroatoms. The van der Waals surface area contributed by atoms with Crippen LogP contribution < -0.4 is 0 Å². The highest BCUT2D eigenvalue weighted by atomic mass is 16.3. The van der Waals surface area contributed by atoms with E-state index in [0.717, 1.165) is 25.9 Å². The van der Waals surface area contributed by atoms with Crippen molar-refractivity contribution in [2.75, 3.05) is 19.7 Å². The number of nitriles is 1. The molecule has 12 heavy (non-hydrogen) atoms. The van der Waals surface area contributed by atoms with Crippen molar-refractivity contribution >= 4 is 0 Å². The molecule has 0 rings (SSSR count). The average Bonchev–Trinajstić information content (AvgIpc) is 2.12. The van der Waals surface area contributed by atoms with Crippen LogP contribution in [0.15, 0.2) is 0 Å². The number of nitrogens with zero attached hydrogens (tertiary/aromatic N) is 2. The molecule has 0 aliphatic heterocycles. The predicted octanol–water partition coefficient (Wildman–Crippen LogP) is 0.993. The topological polar surface area (TPSA) is 47.3 Å². The van der Waals surface area contributed by atoms with E-state index in [1.54, 1.807) is 0 Å². The van der Waals surface area contributed by atoms with E-state index in [0.29, 0.717) is 0 Å². The van der Waals surface area contributed by atoms with E-state index in [4.69, 9.17) is 10.4 Å². The van der Waals surface area contributed by atoms with Gasteiger partial charge in [0.25, 0.3) is 0 Å². The monoisotopic (exact) mass is 170 g/mol. The van der Waals surface area contributed by atoms with Crippen molar-refractivity contribution in [2.24, 2.45) is 0 Å². The summed E-state index contributed by atoms with van der Waals surface area (Å²) < 4.78 is 0. The highest BCUT2D eigenvalue weighted by Gasteiger charge is 2.12. The summed E-state index contributed by atoms with van der Waals surface area (Å²) in [4.78, 5) is 2.09. The van der Waals surface area contributed by atoms with Gasteiger partial charge in [-0.25, -0.2) is 0 Å². The molecular weight excluding hydrogens is 152 g/mol. The van der Waals surface area contributed by atoms with Gasteiger partial charge in [0.15, 0.2) is 0 Å². The Morgan fingerprint density at radius 3 is 2.50 bits per heavy atom. The summed E-state index contributed by atoms with van der Waals surface area (Å²) >= 11 is 0. The normalized spacial score (nSPS) is 12.9. The number of rotatable bonds is 6. The lowest BCUT2D eigenvalue weighted by Gasteiger charge is -2.23. The number of hydrogen-bond donors (Lipinski definition) is 1. The van der Waals surface area contributed by atoms with Crippen LogP contribution >= 0.6 is 0 Å². The fraction of sp³-hybridized carbons (Fsp3) is 0.889. The Labute approximate surface area is 74.6 Å². The van der Waals surface area contributed by atoms with E-state index in [-0.39, 0.29) is 12.6 Å². The van der Waals surface area contributed by atoms with Gasteiger partial charge in [0.2, 0.25) is 0 Å². The smallest absolute Gasteiger partial charge is 0.0975 e. The molecule has 0 saturated carbocycles. The molecule has 70 valence electrons. The standard InChI is InChI=1S/C9H18N2O/c1-3-9(8-10)11(4-2)6-5-7-12/h9,12H,3-7H2,1-2H3. The number of hydrogen-bond acceptors (Lipinski definition) is 3. The summed E-state index contributed by atoms with van der Waals surface area (Å²) in [6.07, 6.45) is 1.61. The van der Waals surface area contributed by atoms with Crippen LogP contribution in [0.4, 0.5) is 0 Å². The van der Waals surface area contributed by atoms with Crippen LogP contribution in [0.1, 0.15) is 26.7 Å². The second kappa shape index (κ2) is 7.08. The third kappa shape index (κ3) is 3.70. The van der Waals surface area contributed by atoms with Gasteiger partial charge < -0.3 is 5.11 Å². The number of aliphatic hydroxyl groups is 1. The molecule has 0 bridgehead atoms. The van der Waals surface area contributed by atoms with Gasteiger partial charge in [0.05, 0.1) is 12.1 Å². The summed E-state index contributed by atoms with van der Waals surface area (Å²) in [5, 5.41) is 17.4. The van der Waals surface area contributed by atoms with E-state index >= 15 is 0 Å². The molecular formula is C9H18N2O. The van der Waals surface area contributed by atoms with E-state index in [9.17, 15) is 0 Å². The summed E-state index contributed by atoms with van der Waals surface area (Å²) in [6, 6.07) is 2.27. The summed E-state index contributed by atoms with van der Waals surface area (Å²) in [5.41, 5.74) is 0. The Balaban J connectivity index is 3.86. The highest BCUT2D eigenvalue weighted by Crippen LogP contribution is 2.03. The van der Waals surface area contributed by atoms with Crippen molar-refractivity contribution in [1.82, 2.24) is 4.90 Å². The van der Waals surface area contributed by atoms with Crippen LogP contribution in [0.5, 0.6) is 0 Å². The van der Waals surface area contributed by atoms with E-state index in [1.165, 1.54) is 0 Å². The lowest BCUT2D eigenvalue weighted by molar-refractivity contribution is 0.204. The van der Waals surface area contributed by atoms with Crippen LogP contribution in [0, 0.1) is 11.3 Å². The van der Waals surface area contributed by atoms with E-state index in [1.807, 2.05) is 13.8 Å². The van der Waals surface area contributed by atoms with Gasteiger partial charge >= 0.3 is 0 Å². The zero-order chi connectivity index (χ0) is 9.40. The summed E-state index contributed by atoms with van der Waals surface area (Å²) in [5.74, 6) is 0. The van der Waals surface area contributed by atoms with Crippen molar-refractivity contribution in [1.29, 1.82) is 5.26 Å². The Kier molecular flexibility index (Phi) is 6.73. The van der Waals surface area contributed by atoms with Crippen LogP contribution in [-0.2, 0) is 0 Å². The molecule has 3 nitrogen and oxygen atoms in total. The molecule has 0 aromatic carbocycles. The molecule has 0 aliphatic rings. The van der Waals surface area contributed by atoms with Gasteiger partial charge in [-0.3, -0.25) is 4.90 Å². The molecule has 0 spiro atoms. The van der Waals surface area contributed by atoms with Gasteiger partial charge in [-0.2, -0.15) is 5.26 Å². The third-order valence-electron chi connectivity index (χ3n) is 1.99. The van der Waals surface area contributed by atoms with Crippen molar-refractivity contribution in [2.45, 2.75) is 32.7 Å². The van der Waals surface area contributed by atoms with Crippen molar-refractivity contribution < 1.29 is 5.11 Å². The molecule has 1 N–H and O–H groups in total. The molecule has 1 unspecified atom stereocenters. The second-order valence-electron chi connectivity index (χ2n) is 2.76. The largest absolute Gasteiger partial charge is 0.396 e. The van der Waals surface area contributed by atoms with Gasteiger partial charge in [0, 0.05) is 13.2 Å². The van der Waals surface area contributed by atoms with Crippen molar-refractivity contribution in [3.05, 3.63) is 0 Å². The molecule has 0 amide bonds. The van der Waals surface area contributed by atoms with Gasteiger partial charge in [-0.15, -0.1) is 0 Å². The minimum Gasteiger partial charge on any atom is -0.396 e. The van der Waals surface area contributed by atoms with Crippen LogP contribution in [0.2, 0.25) is 0 Å². The maximum Gasteiger partial charge on any atom is 0.0975 e. The van der Waals surface area contributed by atoms with Gasteiger partial charge in [0.1, 0.15) is 0 Å². The zero-order valence-corrected chi connectivity index (χ0v) is 7.95. The van der Waals surface area contributed by atoms with Gasteiger partial charge in [-0.05, 0) is 19.4 Å². The lowest BCUT2D eigenvalue weighted by Crippen LogP contribution is -2.34. The second-order valence-corrected chi connectivity index (χ2v) is 2.76. The third-order valence-corrected chi connectivity index (χ3v) is 1.99. The SMILES string of the molecule is CCC(C#N)N(CC)CCCO. The molecule has 0 saturated heterocycles. The maximum atomic E-state index is 8.77. The molecule has 0 fully saturated rings. The summed E-state index contributed by atoms with van der Waals surface area (Å²) in [6.45, 7) is 5.95. The predicted molar refractivity (Wildman–Crippen MR) is 48.6 cm³/mol. The van der Waals surface area contributed by atoms with Crippen LogP contribution in [0.3, 0.4) is 0 Å². The molecule has 0 aromatic heterocycles. The molecule has 1 atom stereocenters.